The summed E-state index contributed by atoms with van der Waals surface area (Å²) in [5.74, 6) is 0.464. The van der Waals surface area contributed by atoms with E-state index in [1.54, 1.807) is 4.90 Å². The van der Waals surface area contributed by atoms with Gasteiger partial charge in [0, 0.05) is 10.6 Å². The number of benzene rings is 1. The number of anilines is 1. The molecule has 1 aliphatic carbocycles. The Bertz CT molecular complexity index is 1020. The number of aromatic amines is 1. The lowest BCUT2D eigenvalue weighted by Gasteiger charge is -2.48. The van der Waals surface area contributed by atoms with E-state index < -0.39 is 19.7 Å². The normalized spacial score (nSPS) is 19.8. The lowest BCUT2D eigenvalue weighted by atomic mass is 9.83. The number of aliphatic hydroxyl groups is 1. The van der Waals surface area contributed by atoms with Gasteiger partial charge in [0.05, 0.1) is 38.4 Å². The average molecular weight is 455 g/mol. The number of amides is 2. The fourth-order valence-electron chi connectivity index (χ4n) is 5.16. The molecule has 3 N–H and O–H groups in total. The number of aromatic nitrogens is 2. The van der Waals surface area contributed by atoms with E-state index in [1.807, 2.05) is 44.2 Å². The molecule has 2 amide bonds. The molecule has 0 spiro atoms. The van der Waals surface area contributed by atoms with Gasteiger partial charge in [-0.25, -0.2) is 0 Å². The molecule has 0 radical (unpaired) electrons. The van der Waals surface area contributed by atoms with Crippen molar-refractivity contribution in [2.45, 2.75) is 82.4 Å². The second kappa shape index (κ2) is 7.85. The van der Waals surface area contributed by atoms with Crippen LogP contribution in [-0.4, -0.2) is 40.1 Å². The van der Waals surface area contributed by atoms with Crippen LogP contribution in [0, 0.1) is 0 Å². The highest BCUT2D eigenvalue weighted by Crippen LogP contribution is 2.56. The third-order valence-electron chi connectivity index (χ3n) is 7.63. The monoisotopic (exact) mass is 454 g/mol. The van der Waals surface area contributed by atoms with Gasteiger partial charge in [0.25, 0.3) is 0 Å². The maximum Gasteiger partial charge on any atom is 0.229 e. The maximum atomic E-state index is 13.3. The van der Waals surface area contributed by atoms with Crippen molar-refractivity contribution in [2.24, 2.45) is 0 Å². The van der Waals surface area contributed by atoms with E-state index >= 15 is 0 Å². The highest BCUT2D eigenvalue weighted by Gasteiger charge is 2.54. The minimum Gasteiger partial charge on any atom is -0.388 e. The largest absolute Gasteiger partial charge is 0.388 e. The molecule has 0 bridgehead atoms. The van der Waals surface area contributed by atoms with Crippen LogP contribution in [0.25, 0.3) is 0 Å². The number of carbonyl (C=O) groups is 2. The third-order valence-corrected chi connectivity index (χ3v) is 11.2. The van der Waals surface area contributed by atoms with Gasteiger partial charge in [0.15, 0.2) is 5.82 Å². The molecule has 1 atom stereocenters. The van der Waals surface area contributed by atoms with E-state index in [9.17, 15) is 14.7 Å². The van der Waals surface area contributed by atoms with E-state index in [-0.39, 0.29) is 23.3 Å². The second-order valence-electron chi connectivity index (χ2n) is 10.7. The van der Waals surface area contributed by atoms with Crippen LogP contribution >= 0.6 is 0 Å². The van der Waals surface area contributed by atoms with Crippen LogP contribution in [-0.2, 0) is 21.7 Å². The number of nitrogens with zero attached hydrogens (tertiary/aromatic N) is 2. The van der Waals surface area contributed by atoms with Crippen LogP contribution in [0.15, 0.2) is 30.3 Å². The predicted octanol–water partition coefficient (Wildman–Crippen LogP) is 4.31. The zero-order chi connectivity index (χ0) is 23.3. The van der Waals surface area contributed by atoms with Crippen LogP contribution in [0.2, 0.25) is 24.7 Å². The first kappa shape index (κ1) is 22.7. The van der Waals surface area contributed by atoms with Gasteiger partial charge in [-0.3, -0.25) is 14.7 Å². The van der Waals surface area contributed by atoms with Crippen LogP contribution in [0.5, 0.6) is 0 Å². The summed E-state index contributed by atoms with van der Waals surface area (Å²) in [7, 11) is -1.70. The number of rotatable bonds is 6. The molecule has 1 aliphatic heterocycles. The molecule has 7 nitrogen and oxygen atoms in total. The molecule has 2 heterocycles. The number of aliphatic hydroxyl groups excluding tert-OH is 1. The van der Waals surface area contributed by atoms with Crippen molar-refractivity contribution >= 4 is 25.7 Å². The summed E-state index contributed by atoms with van der Waals surface area (Å²) in [5, 5.41) is 20.9. The highest BCUT2D eigenvalue weighted by atomic mass is 28.3. The highest BCUT2D eigenvalue weighted by molar-refractivity contribution is 6.83. The fourth-order valence-corrected chi connectivity index (χ4v) is 7.76. The Hall–Kier alpha value is -2.45. The van der Waals surface area contributed by atoms with Crippen LogP contribution < -0.4 is 5.32 Å². The molecule has 0 saturated heterocycles. The number of hydrogen-bond acceptors (Lipinski definition) is 4. The van der Waals surface area contributed by atoms with Gasteiger partial charge in [0.1, 0.15) is 0 Å². The Balaban J connectivity index is 1.51. The summed E-state index contributed by atoms with van der Waals surface area (Å²) in [5.41, 5.74) is 1.82. The Morgan fingerprint density at radius 2 is 1.88 bits per heavy atom. The first-order valence-corrected chi connectivity index (χ1v) is 14.9. The fraction of sp³-hybridized carbons (Fsp3) is 0.542. The smallest absolute Gasteiger partial charge is 0.229 e. The SMILES string of the molecule is CC1(C)c2[nH]nc(NC(=O)C3([Si](C)(C)C)CCC3)c2CN1C(=O)CC(O)c1ccccc1. The van der Waals surface area contributed by atoms with Gasteiger partial charge in [-0.15, -0.1) is 0 Å². The van der Waals surface area contributed by atoms with Gasteiger partial charge < -0.3 is 15.3 Å². The summed E-state index contributed by atoms with van der Waals surface area (Å²) < 4.78 is 0. The third kappa shape index (κ3) is 3.59. The minimum atomic E-state index is -1.70. The van der Waals surface area contributed by atoms with Crippen LogP contribution in [0.3, 0.4) is 0 Å². The quantitative estimate of drug-likeness (QED) is 0.566. The van der Waals surface area contributed by atoms with E-state index in [0.29, 0.717) is 12.4 Å². The Kier molecular flexibility index (Phi) is 5.57. The number of nitrogens with one attached hydrogen (secondary N) is 2. The van der Waals surface area contributed by atoms with Gasteiger partial charge in [-0.1, -0.05) is 56.4 Å². The van der Waals surface area contributed by atoms with E-state index in [2.05, 4.69) is 35.2 Å². The van der Waals surface area contributed by atoms with Crippen molar-refractivity contribution < 1.29 is 14.7 Å². The Morgan fingerprint density at radius 3 is 2.44 bits per heavy atom. The van der Waals surface area contributed by atoms with Crippen LogP contribution in [0.4, 0.5) is 5.82 Å². The number of carbonyl (C=O) groups excluding carboxylic acids is 2. The molecule has 1 fully saturated rings. The molecule has 4 rings (SSSR count). The zero-order valence-electron chi connectivity index (χ0n) is 19.7. The molecule has 1 unspecified atom stereocenters. The van der Waals surface area contributed by atoms with E-state index in [1.165, 1.54) is 0 Å². The summed E-state index contributed by atoms with van der Waals surface area (Å²) in [6, 6.07) is 9.23. The molecule has 32 heavy (non-hydrogen) atoms. The number of H-pyrrole nitrogens is 1. The van der Waals surface area contributed by atoms with Crippen molar-refractivity contribution in [3.8, 4) is 0 Å². The predicted molar refractivity (Wildman–Crippen MR) is 127 cm³/mol. The summed E-state index contributed by atoms with van der Waals surface area (Å²) in [4.78, 5) is 28.2. The second-order valence-corrected chi connectivity index (χ2v) is 16.2. The Labute approximate surface area is 190 Å². The van der Waals surface area contributed by atoms with Gasteiger partial charge in [0.2, 0.25) is 11.8 Å². The minimum absolute atomic E-state index is 0.00553. The van der Waals surface area contributed by atoms with Crippen molar-refractivity contribution in [1.29, 1.82) is 0 Å². The van der Waals surface area contributed by atoms with Crippen molar-refractivity contribution in [1.82, 2.24) is 15.1 Å². The lowest BCUT2D eigenvalue weighted by molar-refractivity contribution is -0.138. The number of hydrogen-bond donors (Lipinski definition) is 3. The van der Waals surface area contributed by atoms with Crippen molar-refractivity contribution in [3.63, 3.8) is 0 Å². The first-order chi connectivity index (χ1) is 15.0. The Morgan fingerprint density at radius 1 is 1.22 bits per heavy atom. The molecule has 2 aromatic rings. The van der Waals surface area contributed by atoms with Crippen molar-refractivity contribution in [3.05, 3.63) is 47.2 Å². The van der Waals surface area contributed by atoms with Gasteiger partial charge in [-0.05, 0) is 32.3 Å². The van der Waals surface area contributed by atoms with Crippen LogP contribution in [0.1, 0.15) is 62.5 Å². The summed E-state index contributed by atoms with van der Waals surface area (Å²) in [6.45, 7) is 11.0. The van der Waals surface area contributed by atoms with E-state index in [4.69, 9.17) is 0 Å². The van der Waals surface area contributed by atoms with Gasteiger partial charge in [-0.2, -0.15) is 5.10 Å². The van der Waals surface area contributed by atoms with Crippen molar-refractivity contribution in [2.75, 3.05) is 5.32 Å². The molecule has 172 valence electrons. The first-order valence-electron chi connectivity index (χ1n) is 11.4. The number of fused-ring (bicyclic) bond motifs is 1. The molecule has 8 heteroatoms. The summed E-state index contributed by atoms with van der Waals surface area (Å²) >= 11 is 0. The molecular formula is C24H34N4O3Si. The molecular weight excluding hydrogens is 420 g/mol. The van der Waals surface area contributed by atoms with Gasteiger partial charge >= 0.3 is 0 Å². The molecule has 1 aromatic carbocycles. The average Bonchev–Trinajstić information content (AvgIpc) is 3.18. The standard InChI is InChI=1S/C24H34N4O3Si/c1-23(2)20-17(15-28(23)19(30)14-18(29)16-10-7-6-8-11-16)21(27-26-20)25-22(31)24(12-9-13-24)32(3,4)5/h6-8,10-11,18,29H,9,12-15H2,1-5H3,(H2,25,26,27,31). The molecule has 2 aliphatic rings. The summed E-state index contributed by atoms with van der Waals surface area (Å²) in [6.07, 6.45) is 2.12. The zero-order valence-corrected chi connectivity index (χ0v) is 20.7. The molecule has 1 aromatic heterocycles. The maximum absolute atomic E-state index is 13.3. The van der Waals surface area contributed by atoms with E-state index in [0.717, 1.165) is 36.1 Å². The lowest BCUT2D eigenvalue weighted by Crippen LogP contribution is -2.52. The molecule has 1 saturated carbocycles. The topological polar surface area (TPSA) is 98.3 Å².